The normalized spacial score (nSPS) is 14.8. The largest absolute Gasteiger partial charge is 0.401 e. The highest BCUT2D eigenvalue weighted by molar-refractivity contribution is 4.73. The van der Waals surface area contributed by atoms with Crippen molar-refractivity contribution in [3.8, 4) is 0 Å². The fraction of sp³-hybridized carbons (Fsp3) is 1.00. The fourth-order valence-electron chi connectivity index (χ4n) is 1.79. The van der Waals surface area contributed by atoms with E-state index in [2.05, 4.69) is 24.1 Å². The maximum Gasteiger partial charge on any atom is 0.401 e. The maximum atomic E-state index is 11.9. The van der Waals surface area contributed by atoms with Gasteiger partial charge in [-0.2, -0.15) is 13.2 Å². The smallest absolute Gasteiger partial charge is 0.307 e. The Morgan fingerprint density at radius 3 is 2.06 bits per heavy atom. The van der Waals surface area contributed by atoms with Gasteiger partial charge in [0, 0.05) is 18.6 Å². The number of rotatable bonds is 7. The summed E-state index contributed by atoms with van der Waals surface area (Å²) in [6.07, 6.45) is -2.07. The minimum Gasteiger partial charge on any atom is -0.307 e. The van der Waals surface area contributed by atoms with Crippen molar-refractivity contribution >= 4 is 0 Å². The number of nitrogens with one attached hydrogen (secondary N) is 1. The molecule has 0 aliphatic carbocycles. The maximum absolute atomic E-state index is 11.9. The van der Waals surface area contributed by atoms with E-state index in [1.165, 1.54) is 0 Å². The van der Waals surface area contributed by atoms with Gasteiger partial charge in [0.2, 0.25) is 0 Å². The Morgan fingerprint density at radius 2 is 1.69 bits per heavy atom. The SMILES string of the molecule is CCC(CC)N(C)C(C)CNCC(F)(F)F. The van der Waals surface area contributed by atoms with Crippen molar-refractivity contribution < 1.29 is 13.2 Å². The van der Waals surface area contributed by atoms with E-state index in [1.807, 2.05) is 14.0 Å². The van der Waals surface area contributed by atoms with E-state index in [-0.39, 0.29) is 6.04 Å². The van der Waals surface area contributed by atoms with E-state index in [1.54, 1.807) is 0 Å². The first-order valence-corrected chi connectivity index (χ1v) is 5.81. The van der Waals surface area contributed by atoms with Crippen LogP contribution in [0.3, 0.4) is 0 Å². The fourth-order valence-corrected chi connectivity index (χ4v) is 1.79. The minimum absolute atomic E-state index is 0.118. The Bertz CT molecular complexity index is 179. The summed E-state index contributed by atoms with van der Waals surface area (Å²) in [6.45, 7) is 5.60. The second-order valence-electron chi connectivity index (χ2n) is 4.23. The van der Waals surface area contributed by atoms with Crippen LogP contribution >= 0.6 is 0 Å². The van der Waals surface area contributed by atoms with Crippen LogP contribution in [-0.4, -0.2) is 43.3 Å². The Morgan fingerprint density at radius 1 is 1.19 bits per heavy atom. The van der Waals surface area contributed by atoms with Crippen molar-refractivity contribution in [2.24, 2.45) is 0 Å². The van der Waals surface area contributed by atoms with E-state index in [4.69, 9.17) is 0 Å². The van der Waals surface area contributed by atoms with Crippen molar-refractivity contribution in [3.05, 3.63) is 0 Å². The molecular formula is C11H23F3N2. The topological polar surface area (TPSA) is 15.3 Å². The van der Waals surface area contributed by atoms with Gasteiger partial charge in [-0.05, 0) is 26.8 Å². The molecule has 0 amide bonds. The molecule has 2 nitrogen and oxygen atoms in total. The zero-order valence-corrected chi connectivity index (χ0v) is 10.6. The molecule has 0 saturated carbocycles. The first kappa shape index (κ1) is 15.7. The van der Waals surface area contributed by atoms with Crippen molar-refractivity contribution in [1.29, 1.82) is 0 Å². The Kier molecular flexibility index (Phi) is 6.99. The molecule has 1 N–H and O–H groups in total. The van der Waals surface area contributed by atoms with Crippen LogP contribution < -0.4 is 5.32 Å². The van der Waals surface area contributed by atoms with Gasteiger partial charge in [0.05, 0.1) is 6.54 Å². The van der Waals surface area contributed by atoms with Gasteiger partial charge in [-0.3, -0.25) is 4.90 Å². The third-order valence-corrected chi connectivity index (χ3v) is 2.98. The van der Waals surface area contributed by atoms with Gasteiger partial charge in [-0.25, -0.2) is 0 Å². The lowest BCUT2D eigenvalue weighted by Gasteiger charge is -2.32. The van der Waals surface area contributed by atoms with Gasteiger partial charge in [0.1, 0.15) is 0 Å². The molecule has 98 valence electrons. The van der Waals surface area contributed by atoms with Crippen LogP contribution in [0.15, 0.2) is 0 Å². The van der Waals surface area contributed by atoms with E-state index in [0.29, 0.717) is 12.6 Å². The molecular weight excluding hydrogens is 217 g/mol. The minimum atomic E-state index is -4.12. The molecule has 16 heavy (non-hydrogen) atoms. The zero-order valence-electron chi connectivity index (χ0n) is 10.6. The number of halogens is 3. The molecule has 0 spiro atoms. The van der Waals surface area contributed by atoms with Gasteiger partial charge in [0.25, 0.3) is 0 Å². The van der Waals surface area contributed by atoms with Crippen LogP contribution in [0.5, 0.6) is 0 Å². The Balaban J connectivity index is 3.91. The number of nitrogens with zero attached hydrogens (tertiary/aromatic N) is 1. The van der Waals surface area contributed by atoms with Crippen LogP contribution in [0, 0.1) is 0 Å². The molecule has 0 aromatic rings. The summed E-state index contributed by atoms with van der Waals surface area (Å²) in [5.74, 6) is 0. The van der Waals surface area contributed by atoms with E-state index >= 15 is 0 Å². The summed E-state index contributed by atoms with van der Waals surface area (Å²) in [6, 6.07) is 0.565. The molecule has 0 saturated heterocycles. The monoisotopic (exact) mass is 240 g/mol. The van der Waals surface area contributed by atoms with Gasteiger partial charge >= 0.3 is 6.18 Å². The number of hydrogen-bond acceptors (Lipinski definition) is 2. The summed E-state index contributed by atoms with van der Waals surface area (Å²) in [5, 5.41) is 2.44. The number of likely N-dealkylation sites (N-methyl/N-ethyl adjacent to an activating group) is 1. The summed E-state index contributed by atoms with van der Waals surface area (Å²) in [5.41, 5.74) is 0. The molecule has 1 atom stereocenters. The Labute approximate surface area is 96.2 Å². The van der Waals surface area contributed by atoms with Crippen molar-refractivity contribution in [2.75, 3.05) is 20.1 Å². The van der Waals surface area contributed by atoms with Crippen LogP contribution in [0.4, 0.5) is 13.2 Å². The second kappa shape index (κ2) is 7.12. The van der Waals surface area contributed by atoms with Gasteiger partial charge in [-0.15, -0.1) is 0 Å². The summed E-state index contributed by atoms with van der Waals surface area (Å²) in [4.78, 5) is 2.14. The molecule has 0 aliphatic rings. The Hall–Kier alpha value is -0.290. The number of hydrogen-bond donors (Lipinski definition) is 1. The summed E-state index contributed by atoms with van der Waals surface area (Å²) < 4.78 is 35.8. The highest BCUT2D eigenvalue weighted by Crippen LogP contribution is 2.13. The predicted octanol–water partition coefficient (Wildman–Crippen LogP) is 2.65. The molecule has 1 unspecified atom stereocenters. The van der Waals surface area contributed by atoms with Gasteiger partial charge < -0.3 is 5.32 Å². The summed E-state index contributed by atoms with van der Waals surface area (Å²) in [7, 11) is 1.97. The molecule has 0 radical (unpaired) electrons. The molecule has 0 heterocycles. The predicted molar refractivity (Wildman–Crippen MR) is 60.5 cm³/mol. The third kappa shape index (κ3) is 6.33. The molecule has 0 bridgehead atoms. The highest BCUT2D eigenvalue weighted by Gasteiger charge is 2.27. The van der Waals surface area contributed by atoms with Crippen LogP contribution in [0.2, 0.25) is 0 Å². The van der Waals surface area contributed by atoms with Crippen LogP contribution in [-0.2, 0) is 0 Å². The first-order chi connectivity index (χ1) is 7.31. The van der Waals surface area contributed by atoms with Crippen molar-refractivity contribution in [3.63, 3.8) is 0 Å². The quantitative estimate of drug-likeness (QED) is 0.736. The lowest BCUT2D eigenvalue weighted by molar-refractivity contribution is -0.125. The van der Waals surface area contributed by atoms with Gasteiger partial charge in [0.15, 0.2) is 0 Å². The van der Waals surface area contributed by atoms with E-state index in [0.717, 1.165) is 12.8 Å². The van der Waals surface area contributed by atoms with Crippen molar-refractivity contribution in [2.45, 2.75) is 51.9 Å². The van der Waals surface area contributed by atoms with E-state index < -0.39 is 12.7 Å². The number of alkyl halides is 3. The van der Waals surface area contributed by atoms with Gasteiger partial charge in [-0.1, -0.05) is 13.8 Å². The third-order valence-electron chi connectivity index (χ3n) is 2.98. The standard InChI is InChI=1S/C11H23F3N2/c1-5-10(6-2)16(4)9(3)7-15-8-11(12,13)14/h9-10,15H,5-8H2,1-4H3. The van der Waals surface area contributed by atoms with E-state index in [9.17, 15) is 13.2 Å². The first-order valence-electron chi connectivity index (χ1n) is 5.81. The zero-order chi connectivity index (χ0) is 12.8. The molecule has 0 fully saturated rings. The highest BCUT2D eigenvalue weighted by atomic mass is 19.4. The molecule has 0 aliphatic heterocycles. The lowest BCUT2D eigenvalue weighted by atomic mass is 10.1. The second-order valence-corrected chi connectivity index (χ2v) is 4.23. The average molecular weight is 240 g/mol. The average Bonchev–Trinajstić information content (AvgIpc) is 2.17. The molecule has 0 rings (SSSR count). The molecule has 0 aromatic heterocycles. The summed E-state index contributed by atoms with van der Waals surface area (Å²) >= 11 is 0. The van der Waals surface area contributed by atoms with Crippen molar-refractivity contribution in [1.82, 2.24) is 10.2 Å². The molecule has 0 aromatic carbocycles. The van der Waals surface area contributed by atoms with Crippen LogP contribution in [0.25, 0.3) is 0 Å². The van der Waals surface area contributed by atoms with Crippen LogP contribution in [0.1, 0.15) is 33.6 Å². The molecule has 5 heteroatoms. The lowest BCUT2D eigenvalue weighted by Crippen LogP contribution is -2.45.